The van der Waals surface area contributed by atoms with E-state index >= 15 is 0 Å². The first-order valence-corrected chi connectivity index (χ1v) is 5.25. The molecule has 0 spiro atoms. The van der Waals surface area contributed by atoms with Crippen LogP contribution in [0, 0.1) is 0 Å². The van der Waals surface area contributed by atoms with Gasteiger partial charge < -0.3 is 0 Å². The van der Waals surface area contributed by atoms with E-state index < -0.39 is 0 Å². The van der Waals surface area contributed by atoms with Gasteiger partial charge in [-0.05, 0) is 19.3 Å². The fourth-order valence-corrected chi connectivity index (χ4v) is 2.34. The van der Waals surface area contributed by atoms with Gasteiger partial charge in [0, 0.05) is 4.32 Å². The number of unbranched alkanes of at least 4 members (excludes halogenated alkanes) is 2. The maximum atomic E-state index is 3.80. The third-order valence-electron chi connectivity index (χ3n) is 2.48. The molecule has 0 aliphatic heterocycles. The average molecular weight is 205 g/mol. The summed E-state index contributed by atoms with van der Waals surface area (Å²) in [4.78, 5) is 0. The summed E-state index contributed by atoms with van der Waals surface area (Å²) in [5, 5.41) is 0. The summed E-state index contributed by atoms with van der Waals surface area (Å²) in [5.41, 5.74) is 0. The molecule has 0 aromatic heterocycles. The Morgan fingerprint density at radius 2 is 2.00 bits per heavy atom. The summed E-state index contributed by atoms with van der Waals surface area (Å²) in [6.45, 7) is 2.27. The van der Waals surface area contributed by atoms with Crippen molar-refractivity contribution in [2.45, 2.75) is 56.2 Å². The molecule has 1 aliphatic carbocycles. The molecule has 0 heterocycles. The third-order valence-corrected chi connectivity index (χ3v) is 3.67. The summed E-state index contributed by atoms with van der Waals surface area (Å²) >= 11 is 3.80. The lowest BCUT2D eigenvalue weighted by atomic mass is 9.81. The van der Waals surface area contributed by atoms with Gasteiger partial charge in [-0.15, -0.1) is 0 Å². The Hall–Kier alpha value is 0.480. The molecular formula is C9H17Br. The molecule has 0 unspecified atom stereocenters. The molecule has 0 radical (unpaired) electrons. The lowest BCUT2D eigenvalue weighted by Gasteiger charge is -2.36. The maximum absolute atomic E-state index is 3.80. The smallest absolute Gasteiger partial charge is 0.0258 e. The van der Waals surface area contributed by atoms with Crippen molar-refractivity contribution in [3.05, 3.63) is 0 Å². The van der Waals surface area contributed by atoms with E-state index in [9.17, 15) is 0 Å². The number of rotatable bonds is 4. The molecule has 0 nitrogen and oxygen atoms in total. The highest BCUT2D eigenvalue weighted by atomic mass is 79.9. The second-order valence-corrected chi connectivity index (χ2v) is 5.14. The molecule has 1 saturated carbocycles. The van der Waals surface area contributed by atoms with Crippen molar-refractivity contribution < 1.29 is 0 Å². The molecule has 1 rings (SSSR count). The first kappa shape index (κ1) is 8.58. The Labute approximate surface area is 72.5 Å². The first-order chi connectivity index (χ1) is 4.77. The molecule has 0 aromatic carbocycles. The van der Waals surface area contributed by atoms with Gasteiger partial charge >= 0.3 is 0 Å². The second-order valence-electron chi connectivity index (χ2n) is 3.46. The van der Waals surface area contributed by atoms with Crippen LogP contribution in [-0.4, -0.2) is 4.32 Å². The minimum atomic E-state index is 0.585. The van der Waals surface area contributed by atoms with Crippen molar-refractivity contribution in [1.29, 1.82) is 0 Å². The minimum Gasteiger partial charge on any atom is -0.0853 e. The fraction of sp³-hybridized carbons (Fsp3) is 1.00. The Kier molecular flexibility index (Phi) is 3.22. The topological polar surface area (TPSA) is 0 Å². The van der Waals surface area contributed by atoms with Crippen LogP contribution < -0.4 is 0 Å². The molecular weight excluding hydrogens is 188 g/mol. The van der Waals surface area contributed by atoms with E-state index in [2.05, 4.69) is 22.9 Å². The molecule has 1 heteroatoms. The lowest BCUT2D eigenvalue weighted by Crippen LogP contribution is -2.29. The van der Waals surface area contributed by atoms with E-state index in [1.165, 1.54) is 44.9 Å². The van der Waals surface area contributed by atoms with E-state index in [4.69, 9.17) is 0 Å². The van der Waals surface area contributed by atoms with E-state index in [0.29, 0.717) is 4.32 Å². The molecule has 0 atom stereocenters. The van der Waals surface area contributed by atoms with Gasteiger partial charge in [-0.3, -0.25) is 0 Å². The monoisotopic (exact) mass is 204 g/mol. The summed E-state index contributed by atoms with van der Waals surface area (Å²) < 4.78 is 0.585. The van der Waals surface area contributed by atoms with Gasteiger partial charge in [0.25, 0.3) is 0 Å². The summed E-state index contributed by atoms with van der Waals surface area (Å²) in [6, 6.07) is 0. The SMILES string of the molecule is CCCCCC1(Br)CCC1. The predicted molar refractivity (Wildman–Crippen MR) is 49.7 cm³/mol. The van der Waals surface area contributed by atoms with Crippen LogP contribution in [0.4, 0.5) is 0 Å². The van der Waals surface area contributed by atoms with Crippen molar-refractivity contribution in [3.8, 4) is 0 Å². The molecule has 0 N–H and O–H groups in total. The Morgan fingerprint density at radius 3 is 2.40 bits per heavy atom. The van der Waals surface area contributed by atoms with Crippen LogP contribution in [-0.2, 0) is 0 Å². The zero-order chi connectivity index (χ0) is 7.45. The van der Waals surface area contributed by atoms with Crippen LogP contribution in [0.25, 0.3) is 0 Å². The fourth-order valence-electron chi connectivity index (χ4n) is 1.50. The van der Waals surface area contributed by atoms with Crippen LogP contribution >= 0.6 is 15.9 Å². The Bertz CT molecular complexity index is 94.9. The van der Waals surface area contributed by atoms with Crippen LogP contribution in [0.5, 0.6) is 0 Å². The van der Waals surface area contributed by atoms with Crippen molar-refractivity contribution in [1.82, 2.24) is 0 Å². The van der Waals surface area contributed by atoms with Crippen LogP contribution in [0.1, 0.15) is 51.9 Å². The molecule has 1 aliphatic rings. The van der Waals surface area contributed by atoms with Gasteiger partial charge in [-0.1, -0.05) is 48.5 Å². The van der Waals surface area contributed by atoms with Crippen LogP contribution in [0.15, 0.2) is 0 Å². The van der Waals surface area contributed by atoms with Crippen molar-refractivity contribution in [3.63, 3.8) is 0 Å². The zero-order valence-electron chi connectivity index (χ0n) is 6.83. The average Bonchev–Trinajstić information content (AvgIpc) is 1.85. The number of hydrogen-bond donors (Lipinski definition) is 0. The molecule has 60 valence electrons. The van der Waals surface area contributed by atoms with Crippen molar-refractivity contribution in [2.75, 3.05) is 0 Å². The van der Waals surface area contributed by atoms with E-state index in [1.54, 1.807) is 0 Å². The number of alkyl halides is 1. The molecule has 0 bridgehead atoms. The van der Waals surface area contributed by atoms with Crippen molar-refractivity contribution >= 4 is 15.9 Å². The summed E-state index contributed by atoms with van der Waals surface area (Å²) in [6.07, 6.45) is 9.85. The first-order valence-electron chi connectivity index (χ1n) is 4.46. The summed E-state index contributed by atoms with van der Waals surface area (Å²) in [5.74, 6) is 0. The van der Waals surface area contributed by atoms with Gasteiger partial charge in [-0.2, -0.15) is 0 Å². The molecule has 0 aromatic rings. The molecule has 0 saturated heterocycles. The quantitative estimate of drug-likeness (QED) is 0.482. The number of halogens is 1. The van der Waals surface area contributed by atoms with Gasteiger partial charge in [0.05, 0.1) is 0 Å². The van der Waals surface area contributed by atoms with Crippen LogP contribution in [0.2, 0.25) is 0 Å². The van der Waals surface area contributed by atoms with Gasteiger partial charge in [0.15, 0.2) is 0 Å². The highest BCUT2D eigenvalue weighted by molar-refractivity contribution is 9.10. The second kappa shape index (κ2) is 3.75. The van der Waals surface area contributed by atoms with Crippen molar-refractivity contribution in [2.24, 2.45) is 0 Å². The highest BCUT2D eigenvalue weighted by Crippen LogP contribution is 2.43. The highest BCUT2D eigenvalue weighted by Gasteiger charge is 2.32. The van der Waals surface area contributed by atoms with Gasteiger partial charge in [0.2, 0.25) is 0 Å². The van der Waals surface area contributed by atoms with Gasteiger partial charge in [0.1, 0.15) is 0 Å². The summed E-state index contributed by atoms with van der Waals surface area (Å²) in [7, 11) is 0. The van der Waals surface area contributed by atoms with E-state index in [0.717, 1.165) is 0 Å². The Balaban J connectivity index is 2.01. The lowest BCUT2D eigenvalue weighted by molar-refractivity contribution is 0.340. The molecule has 10 heavy (non-hydrogen) atoms. The third kappa shape index (κ3) is 2.26. The maximum Gasteiger partial charge on any atom is 0.0258 e. The zero-order valence-corrected chi connectivity index (χ0v) is 8.41. The van der Waals surface area contributed by atoms with E-state index in [-0.39, 0.29) is 0 Å². The van der Waals surface area contributed by atoms with Crippen LogP contribution in [0.3, 0.4) is 0 Å². The predicted octanol–water partition coefficient (Wildman–Crippen LogP) is 3.88. The minimum absolute atomic E-state index is 0.585. The number of hydrogen-bond acceptors (Lipinski definition) is 0. The Morgan fingerprint density at radius 1 is 1.30 bits per heavy atom. The standard InChI is InChI=1S/C9H17Br/c1-2-3-4-6-9(10)7-5-8-9/h2-8H2,1H3. The normalized spacial score (nSPS) is 22.2. The van der Waals surface area contributed by atoms with E-state index in [1.807, 2.05) is 0 Å². The molecule has 1 fully saturated rings. The van der Waals surface area contributed by atoms with Gasteiger partial charge in [-0.25, -0.2) is 0 Å². The molecule has 0 amide bonds. The largest absolute Gasteiger partial charge is 0.0853 e.